The molecule has 0 unspecified atom stereocenters. The van der Waals surface area contributed by atoms with E-state index in [9.17, 15) is 13.7 Å². The van der Waals surface area contributed by atoms with Gasteiger partial charge in [-0.15, -0.1) is 0 Å². The minimum atomic E-state index is -3.91. The Labute approximate surface area is 146 Å². The largest absolute Gasteiger partial charge is 0.265 e. The summed E-state index contributed by atoms with van der Waals surface area (Å²) in [5.74, 6) is 0. The Bertz CT molecular complexity index is 998. The summed E-state index contributed by atoms with van der Waals surface area (Å²) in [6, 6.07) is 20.6. The Balaban J connectivity index is 2.12. The second-order valence-electron chi connectivity index (χ2n) is 5.32. The molecule has 1 heterocycles. The monoisotopic (exact) mass is 349 g/mol. The van der Waals surface area contributed by atoms with Crippen molar-refractivity contribution in [3.05, 3.63) is 90.3 Å². The Morgan fingerprint density at radius 1 is 0.960 bits per heavy atom. The van der Waals surface area contributed by atoms with Crippen LogP contribution in [0.5, 0.6) is 0 Å². The van der Waals surface area contributed by atoms with Crippen LogP contribution in [0.4, 0.5) is 5.69 Å². The van der Waals surface area contributed by atoms with Gasteiger partial charge in [0.2, 0.25) is 0 Å². The maximum atomic E-state index is 13.3. The van der Waals surface area contributed by atoms with Crippen LogP contribution in [0.15, 0.2) is 84.0 Å². The van der Waals surface area contributed by atoms with E-state index in [1.54, 1.807) is 54.9 Å². The second-order valence-corrected chi connectivity index (χ2v) is 7.15. The average Bonchev–Trinajstić information content (AvgIpc) is 2.67. The maximum Gasteiger partial charge on any atom is 0.265 e. The van der Waals surface area contributed by atoms with Gasteiger partial charge in [0.05, 0.1) is 17.8 Å². The number of hydrogen-bond acceptors (Lipinski definition) is 4. The molecule has 3 aromatic rings. The molecular formula is C19H15N3O2S. The molecule has 25 heavy (non-hydrogen) atoms. The van der Waals surface area contributed by atoms with Crippen molar-refractivity contribution in [1.82, 2.24) is 4.98 Å². The number of sulfonamides is 1. The van der Waals surface area contributed by atoms with Gasteiger partial charge in [-0.1, -0.05) is 36.4 Å². The number of anilines is 1. The van der Waals surface area contributed by atoms with E-state index >= 15 is 0 Å². The number of pyridine rings is 1. The summed E-state index contributed by atoms with van der Waals surface area (Å²) in [5.41, 5.74) is 1.40. The molecule has 3 rings (SSSR count). The van der Waals surface area contributed by atoms with Gasteiger partial charge in [0.15, 0.2) is 0 Å². The topological polar surface area (TPSA) is 74.1 Å². The lowest BCUT2D eigenvalue weighted by atomic mass is 10.2. The summed E-state index contributed by atoms with van der Waals surface area (Å²) in [5, 5.41) is 9.28. The molecule has 0 radical (unpaired) electrons. The lowest BCUT2D eigenvalue weighted by molar-refractivity contribution is 0.590. The highest BCUT2D eigenvalue weighted by Crippen LogP contribution is 2.27. The van der Waals surface area contributed by atoms with Crippen molar-refractivity contribution in [3.8, 4) is 6.07 Å². The molecule has 2 aromatic carbocycles. The quantitative estimate of drug-likeness (QED) is 0.708. The Kier molecular flexibility index (Phi) is 4.78. The molecule has 6 heteroatoms. The lowest BCUT2D eigenvalue weighted by Crippen LogP contribution is -2.31. The molecule has 124 valence electrons. The summed E-state index contributed by atoms with van der Waals surface area (Å²) in [6.45, 7) is 0.125. The van der Waals surface area contributed by atoms with Gasteiger partial charge >= 0.3 is 0 Å². The van der Waals surface area contributed by atoms with Crippen LogP contribution in [-0.2, 0) is 16.6 Å². The van der Waals surface area contributed by atoms with E-state index in [-0.39, 0.29) is 17.0 Å². The van der Waals surface area contributed by atoms with Gasteiger partial charge in [0.1, 0.15) is 11.0 Å². The predicted octanol–water partition coefficient (Wildman–Crippen LogP) is 3.35. The van der Waals surface area contributed by atoms with Gasteiger partial charge in [0.25, 0.3) is 10.0 Å². The van der Waals surface area contributed by atoms with E-state index in [1.165, 1.54) is 16.4 Å². The smallest absolute Gasteiger partial charge is 0.264 e. The summed E-state index contributed by atoms with van der Waals surface area (Å²) in [7, 11) is -3.91. The van der Waals surface area contributed by atoms with Crippen LogP contribution in [0.3, 0.4) is 0 Å². The predicted molar refractivity (Wildman–Crippen MR) is 95.2 cm³/mol. The molecule has 0 spiro atoms. The number of nitrogens with zero attached hydrogens (tertiary/aromatic N) is 3. The van der Waals surface area contributed by atoms with Crippen molar-refractivity contribution >= 4 is 15.7 Å². The average molecular weight is 349 g/mol. The number of hydrogen-bond donors (Lipinski definition) is 0. The summed E-state index contributed by atoms with van der Waals surface area (Å²) in [4.78, 5) is 4.04. The van der Waals surface area contributed by atoms with Gasteiger partial charge in [-0.05, 0) is 35.9 Å². The Hall–Kier alpha value is -3.17. The molecule has 0 amide bonds. The van der Waals surface area contributed by atoms with E-state index in [2.05, 4.69) is 4.98 Å². The van der Waals surface area contributed by atoms with Gasteiger partial charge in [0, 0.05) is 12.4 Å². The minimum absolute atomic E-state index is 0.00903. The molecule has 1 aromatic heterocycles. The van der Waals surface area contributed by atoms with Gasteiger partial charge < -0.3 is 0 Å². The normalized spacial score (nSPS) is 10.8. The Morgan fingerprint density at radius 2 is 1.68 bits per heavy atom. The standard InChI is InChI=1S/C19H15N3O2S/c20-13-17-8-4-5-11-19(17)25(23,24)22(18-9-2-1-3-10-18)15-16-7-6-12-21-14-16/h1-12,14H,15H2. The molecule has 0 aliphatic heterocycles. The third-order valence-electron chi connectivity index (χ3n) is 3.67. The van der Waals surface area contributed by atoms with Crippen molar-refractivity contribution < 1.29 is 8.42 Å². The van der Waals surface area contributed by atoms with Gasteiger partial charge in [-0.2, -0.15) is 5.26 Å². The van der Waals surface area contributed by atoms with E-state index in [1.807, 2.05) is 18.2 Å². The molecular weight excluding hydrogens is 334 g/mol. The third-order valence-corrected chi connectivity index (χ3v) is 5.50. The number of para-hydroxylation sites is 1. The van der Waals surface area contributed by atoms with Crippen molar-refractivity contribution in [2.24, 2.45) is 0 Å². The third kappa shape index (κ3) is 3.52. The fourth-order valence-corrected chi connectivity index (χ4v) is 4.07. The van der Waals surface area contributed by atoms with Crippen LogP contribution >= 0.6 is 0 Å². The van der Waals surface area contributed by atoms with Gasteiger partial charge in [-0.3, -0.25) is 9.29 Å². The first-order valence-electron chi connectivity index (χ1n) is 7.59. The van der Waals surface area contributed by atoms with E-state index < -0.39 is 10.0 Å². The fraction of sp³-hybridized carbons (Fsp3) is 0.0526. The van der Waals surface area contributed by atoms with Crippen molar-refractivity contribution in [2.75, 3.05) is 4.31 Å². The van der Waals surface area contributed by atoms with Crippen LogP contribution in [0.25, 0.3) is 0 Å². The molecule has 0 saturated carbocycles. The zero-order valence-corrected chi connectivity index (χ0v) is 14.1. The molecule has 0 bridgehead atoms. The lowest BCUT2D eigenvalue weighted by Gasteiger charge is -2.25. The number of aromatic nitrogens is 1. The molecule has 0 atom stereocenters. The first kappa shape index (κ1) is 16.7. The summed E-state index contributed by atoms with van der Waals surface area (Å²) >= 11 is 0. The van der Waals surface area contributed by atoms with Crippen LogP contribution in [0.2, 0.25) is 0 Å². The van der Waals surface area contributed by atoms with Crippen LogP contribution in [0, 0.1) is 11.3 Å². The van der Waals surface area contributed by atoms with Crippen LogP contribution in [-0.4, -0.2) is 13.4 Å². The fourth-order valence-electron chi connectivity index (χ4n) is 2.47. The molecule has 5 nitrogen and oxygen atoms in total. The SMILES string of the molecule is N#Cc1ccccc1S(=O)(=O)N(Cc1cccnc1)c1ccccc1. The first-order valence-corrected chi connectivity index (χ1v) is 9.03. The van der Waals surface area contributed by atoms with E-state index in [4.69, 9.17) is 0 Å². The number of benzene rings is 2. The van der Waals surface area contributed by atoms with Crippen LogP contribution < -0.4 is 4.31 Å². The number of nitriles is 1. The zero-order valence-electron chi connectivity index (χ0n) is 13.3. The van der Waals surface area contributed by atoms with Crippen molar-refractivity contribution in [2.45, 2.75) is 11.4 Å². The maximum absolute atomic E-state index is 13.3. The van der Waals surface area contributed by atoms with Crippen molar-refractivity contribution in [1.29, 1.82) is 5.26 Å². The second kappa shape index (κ2) is 7.16. The summed E-state index contributed by atoms with van der Waals surface area (Å²) < 4.78 is 27.8. The Morgan fingerprint density at radius 3 is 2.36 bits per heavy atom. The van der Waals surface area contributed by atoms with E-state index in [0.29, 0.717) is 5.69 Å². The molecule has 0 aliphatic carbocycles. The zero-order chi connectivity index (χ0) is 17.7. The molecule has 0 aliphatic rings. The minimum Gasteiger partial charge on any atom is -0.264 e. The van der Waals surface area contributed by atoms with Crippen molar-refractivity contribution in [3.63, 3.8) is 0 Å². The highest BCUT2D eigenvalue weighted by Gasteiger charge is 2.27. The summed E-state index contributed by atoms with van der Waals surface area (Å²) in [6.07, 6.45) is 3.26. The molecule has 0 fully saturated rings. The molecule has 0 N–H and O–H groups in total. The first-order chi connectivity index (χ1) is 12.1. The highest BCUT2D eigenvalue weighted by molar-refractivity contribution is 7.92. The van der Waals surface area contributed by atoms with Gasteiger partial charge in [-0.25, -0.2) is 8.42 Å². The van der Waals surface area contributed by atoms with Crippen LogP contribution in [0.1, 0.15) is 11.1 Å². The highest BCUT2D eigenvalue weighted by atomic mass is 32.2. The number of rotatable bonds is 5. The molecule has 0 saturated heterocycles. The van der Waals surface area contributed by atoms with E-state index in [0.717, 1.165) is 5.56 Å².